The molecule has 0 atom stereocenters. The maximum absolute atomic E-state index is 12.9. The summed E-state index contributed by atoms with van der Waals surface area (Å²) < 4.78 is 43.6. The van der Waals surface area contributed by atoms with Gasteiger partial charge in [-0.15, -0.1) is 0 Å². The lowest BCUT2D eigenvalue weighted by Crippen LogP contribution is -2.16. The Morgan fingerprint density at radius 1 is 1.25 bits per heavy atom. The monoisotopic (exact) mass is 303 g/mol. The minimum atomic E-state index is -4.62. The lowest BCUT2D eigenvalue weighted by Gasteiger charge is -2.13. The van der Waals surface area contributed by atoms with E-state index >= 15 is 0 Å². The summed E-state index contributed by atoms with van der Waals surface area (Å²) in [5.74, 6) is -0.334. The summed E-state index contributed by atoms with van der Waals surface area (Å²) in [6.45, 7) is 1.63. The van der Waals surface area contributed by atoms with Crippen molar-refractivity contribution < 1.29 is 22.4 Å². The number of nitrogens with one attached hydrogen (secondary N) is 1. The first kappa shape index (κ1) is 14.5. The van der Waals surface area contributed by atoms with E-state index in [1.54, 1.807) is 13.0 Å². The fourth-order valence-corrected chi connectivity index (χ4v) is 1.77. The van der Waals surface area contributed by atoms with E-state index in [-0.39, 0.29) is 16.5 Å². The molecule has 0 spiro atoms. The van der Waals surface area contributed by atoms with Crippen LogP contribution in [0.25, 0.3) is 0 Å². The number of hydrogen-bond donors (Lipinski definition) is 1. The molecule has 1 N–H and O–H groups in total. The van der Waals surface area contributed by atoms with Crippen molar-refractivity contribution in [2.24, 2.45) is 0 Å². The number of carbonyl (C=O) groups is 1. The fourth-order valence-electron chi connectivity index (χ4n) is 1.60. The van der Waals surface area contributed by atoms with Crippen LogP contribution in [0.2, 0.25) is 5.02 Å². The molecule has 106 valence electrons. The number of amides is 1. The Morgan fingerprint density at radius 2 is 1.95 bits per heavy atom. The Kier molecular flexibility index (Phi) is 3.76. The van der Waals surface area contributed by atoms with Gasteiger partial charge < -0.3 is 9.73 Å². The van der Waals surface area contributed by atoms with E-state index in [1.165, 1.54) is 12.1 Å². The van der Waals surface area contributed by atoms with Gasteiger partial charge >= 0.3 is 6.18 Å². The van der Waals surface area contributed by atoms with Crippen LogP contribution in [0, 0.1) is 6.92 Å². The second-order valence-electron chi connectivity index (χ2n) is 4.05. The Bertz CT molecular complexity index is 649. The van der Waals surface area contributed by atoms with Crippen LogP contribution in [0.4, 0.5) is 18.9 Å². The summed E-state index contributed by atoms with van der Waals surface area (Å²) in [5.41, 5.74) is -1.39. The zero-order valence-electron chi connectivity index (χ0n) is 10.2. The molecule has 0 unspecified atom stereocenters. The van der Waals surface area contributed by atoms with Crippen molar-refractivity contribution in [1.29, 1.82) is 0 Å². The Morgan fingerprint density at radius 3 is 2.50 bits per heavy atom. The third-order valence-electron chi connectivity index (χ3n) is 2.50. The van der Waals surface area contributed by atoms with Gasteiger partial charge in [0.25, 0.3) is 5.91 Å². The number of halogens is 4. The molecule has 0 aliphatic carbocycles. The number of carbonyl (C=O) groups excluding carboxylic acids is 1. The second-order valence-corrected chi connectivity index (χ2v) is 4.49. The predicted octanol–water partition coefficient (Wildman–Crippen LogP) is 4.51. The Balaban J connectivity index is 2.32. The van der Waals surface area contributed by atoms with Crippen molar-refractivity contribution in [3.8, 4) is 0 Å². The molecule has 20 heavy (non-hydrogen) atoms. The number of anilines is 1. The van der Waals surface area contributed by atoms with Crippen LogP contribution in [0.5, 0.6) is 0 Å². The van der Waals surface area contributed by atoms with Gasteiger partial charge in [-0.05, 0) is 37.3 Å². The third-order valence-corrected chi connectivity index (χ3v) is 2.73. The lowest BCUT2D eigenvalue weighted by molar-refractivity contribution is -0.136. The van der Waals surface area contributed by atoms with E-state index < -0.39 is 17.6 Å². The highest BCUT2D eigenvalue weighted by atomic mass is 35.5. The van der Waals surface area contributed by atoms with Crippen LogP contribution in [0.15, 0.2) is 34.7 Å². The van der Waals surface area contributed by atoms with Gasteiger partial charge in [0.15, 0.2) is 5.76 Å². The first-order valence-electron chi connectivity index (χ1n) is 5.52. The smallest absolute Gasteiger partial charge is 0.418 e. The SMILES string of the molecule is Cc1ccc(C(=O)Nc2ccc(Cl)cc2C(F)(F)F)o1. The number of rotatable bonds is 2. The first-order valence-corrected chi connectivity index (χ1v) is 5.89. The molecular formula is C13H9ClF3NO2. The molecule has 0 bridgehead atoms. The molecule has 2 rings (SSSR count). The number of aryl methyl sites for hydroxylation is 1. The van der Waals surface area contributed by atoms with E-state index in [2.05, 4.69) is 5.32 Å². The molecule has 1 aromatic heterocycles. The van der Waals surface area contributed by atoms with E-state index in [0.717, 1.165) is 12.1 Å². The van der Waals surface area contributed by atoms with Crippen molar-refractivity contribution in [1.82, 2.24) is 0 Å². The minimum Gasteiger partial charge on any atom is -0.456 e. The molecule has 7 heteroatoms. The van der Waals surface area contributed by atoms with Crippen molar-refractivity contribution in [2.75, 3.05) is 5.32 Å². The third kappa shape index (κ3) is 3.14. The fraction of sp³-hybridized carbons (Fsp3) is 0.154. The summed E-state index contributed by atoms with van der Waals surface area (Å²) in [4.78, 5) is 11.8. The number of furan rings is 1. The second kappa shape index (κ2) is 5.20. The summed E-state index contributed by atoms with van der Waals surface area (Å²) in [5, 5.41) is 2.10. The molecule has 2 aromatic rings. The number of hydrogen-bond acceptors (Lipinski definition) is 2. The molecule has 0 radical (unpaired) electrons. The maximum atomic E-state index is 12.9. The van der Waals surface area contributed by atoms with Crippen molar-refractivity contribution in [2.45, 2.75) is 13.1 Å². The molecule has 1 aromatic carbocycles. The molecule has 1 heterocycles. The number of alkyl halides is 3. The van der Waals surface area contributed by atoms with Gasteiger partial charge in [0, 0.05) is 5.02 Å². The Hall–Kier alpha value is -1.95. The molecule has 0 saturated carbocycles. The van der Waals surface area contributed by atoms with Crippen LogP contribution in [0.1, 0.15) is 21.9 Å². The molecule has 0 aliphatic rings. The van der Waals surface area contributed by atoms with Crippen LogP contribution < -0.4 is 5.32 Å². The summed E-state index contributed by atoms with van der Waals surface area (Å²) in [6, 6.07) is 6.04. The first-order chi connectivity index (χ1) is 9.27. The van der Waals surface area contributed by atoms with Crippen molar-refractivity contribution >= 4 is 23.2 Å². The maximum Gasteiger partial charge on any atom is 0.418 e. The molecular weight excluding hydrogens is 295 g/mol. The standard InChI is InChI=1S/C13H9ClF3NO2/c1-7-2-5-11(20-7)12(19)18-10-4-3-8(14)6-9(10)13(15,16)17/h2-6H,1H3,(H,18,19). The van der Waals surface area contributed by atoms with E-state index in [0.29, 0.717) is 5.76 Å². The zero-order valence-corrected chi connectivity index (χ0v) is 11.0. The van der Waals surface area contributed by atoms with E-state index in [1.807, 2.05) is 0 Å². The van der Waals surface area contributed by atoms with Gasteiger partial charge in [-0.25, -0.2) is 0 Å². The molecule has 1 amide bonds. The highest BCUT2D eigenvalue weighted by Crippen LogP contribution is 2.36. The summed E-state index contributed by atoms with van der Waals surface area (Å²) in [6.07, 6.45) is -4.62. The average molecular weight is 304 g/mol. The van der Waals surface area contributed by atoms with Crippen molar-refractivity contribution in [3.63, 3.8) is 0 Å². The highest BCUT2D eigenvalue weighted by Gasteiger charge is 2.34. The molecule has 0 fully saturated rings. The van der Waals surface area contributed by atoms with Gasteiger partial charge in [-0.2, -0.15) is 13.2 Å². The molecule has 0 saturated heterocycles. The normalized spacial score (nSPS) is 11.4. The van der Waals surface area contributed by atoms with Crippen LogP contribution in [0.3, 0.4) is 0 Å². The number of benzene rings is 1. The van der Waals surface area contributed by atoms with Gasteiger partial charge in [-0.1, -0.05) is 11.6 Å². The van der Waals surface area contributed by atoms with Crippen LogP contribution in [-0.4, -0.2) is 5.91 Å². The highest BCUT2D eigenvalue weighted by molar-refractivity contribution is 6.30. The predicted molar refractivity (Wildman–Crippen MR) is 67.9 cm³/mol. The van der Waals surface area contributed by atoms with Gasteiger partial charge in [0.1, 0.15) is 5.76 Å². The van der Waals surface area contributed by atoms with Crippen LogP contribution >= 0.6 is 11.6 Å². The quantitative estimate of drug-likeness (QED) is 0.886. The average Bonchev–Trinajstić information content (AvgIpc) is 2.77. The van der Waals surface area contributed by atoms with Crippen molar-refractivity contribution in [3.05, 3.63) is 52.4 Å². The van der Waals surface area contributed by atoms with Gasteiger partial charge in [0.05, 0.1) is 11.3 Å². The van der Waals surface area contributed by atoms with Gasteiger partial charge in [-0.3, -0.25) is 4.79 Å². The van der Waals surface area contributed by atoms with Gasteiger partial charge in [0.2, 0.25) is 0 Å². The minimum absolute atomic E-state index is 0.0643. The lowest BCUT2D eigenvalue weighted by atomic mass is 10.1. The summed E-state index contributed by atoms with van der Waals surface area (Å²) >= 11 is 5.55. The summed E-state index contributed by atoms with van der Waals surface area (Å²) in [7, 11) is 0. The zero-order chi connectivity index (χ0) is 14.9. The van der Waals surface area contributed by atoms with E-state index in [9.17, 15) is 18.0 Å². The largest absolute Gasteiger partial charge is 0.456 e. The Labute approximate surface area is 117 Å². The molecule has 0 aliphatic heterocycles. The topological polar surface area (TPSA) is 42.2 Å². The molecule has 3 nitrogen and oxygen atoms in total. The van der Waals surface area contributed by atoms with E-state index in [4.69, 9.17) is 16.0 Å². The van der Waals surface area contributed by atoms with Crippen LogP contribution in [-0.2, 0) is 6.18 Å².